The van der Waals surface area contributed by atoms with Gasteiger partial charge in [-0.3, -0.25) is 9.59 Å². The number of aliphatic hydroxyl groups is 1. The molecule has 33 heavy (non-hydrogen) atoms. The predicted molar refractivity (Wildman–Crippen MR) is 128 cm³/mol. The van der Waals surface area contributed by atoms with E-state index in [4.69, 9.17) is 16.0 Å². The second kappa shape index (κ2) is 9.55. The molecule has 7 heteroatoms. The van der Waals surface area contributed by atoms with Gasteiger partial charge >= 0.3 is 0 Å². The number of aliphatic hydroxyl groups excluding tert-OH is 1. The van der Waals surface area contributed by atoms with E-state index in [1.807, 2.05) is 24.3 Å². The fourth-order valence-electron chi connectivity index (χ4n) is 4.18. The molecule has 0 saturated carbocycles. The van der Waals surface area contributed by atoms with Crippen LogP contribution in [-0.2, 0) is 16.1 Å². The van der Waals surface area contributed by atoms with Crippen LogP contribution in [0.15, 0.2) is 76.9 Å². The molecule has 1 saturated heterocycles. The predicted octanol–water partition coefficient (Wildman–Crippen LogP) is 5.40. The van der Waals surface area contributed by atoms with Crippen molar-refractivity contribution in [3.05, 3.63) is 94.4 Å². The van der Waals surface area contributed by atoms with E-state index in [2.05, 4.69) is 18.7 Å². The van der Waals surface area contributed by atoms with Gasteiger partial charge in [0.1, 0.15) is 11.5 Å². The Balaban J connectivity index is 1.82. The molecular weight excluding hydrogens is 440 g/mol. The summed E-state index contributed by atoms with van der Waals surface area (Å²) in [5.74, 6) is -1.09. The van der Waals surface area contributed by atoms with Gasteiger partial charge < -0.3 is 19.3 Å². The zero-order valence-electron chi connectivity index (χ0n) is 18.5. The number of rotatable bonds is 7. The van der Waals surface area contributed by atoms with Crippen LogP contribution in [0.2, 0.25) is 5.02 Å². The zero-order chi connectivity index (χ0) is 23.5. The van der Waals surface area contributed by atoms with Gasteiger partial charge in [0.25, 0.3) is 11.7 Å². The Hall–Kier alpha value is -3.51. The van der Waals surface area contributed by atoms with Crippen molar-refractivity contribution in [3.63, 3.8) is 0 Å². The number of carbonyl (C=O) groups excluding carboxylic acids is 2. The number of carbonyl (C=O) groups is 2. The molecular formula is C26H25ClN2O4. The van der Waals surface area contributed by atoms with E-state index in [0.717, 1.165) is 24.3 Å². The smallest absolute Gasteiger partial charge is 0.296 e. The first kappa shape index (κ1) is 22.7. The molecule has 1 aliphatic rings. The average molecular weight is 465 g/mol. The monoisotopic (exact) mass is 464 g/mol. The van der Waals surface area contributed by atoms with Gasteiger partial charge in [0.2, 0.25) is 0 Å². The first-order chi connectivity index (χ1) is 15.9. The van der Waals surface area contributed by atoms with Crippen molar-refractivity contribution in [2.24, 2.45) is 0 Å². The minimum absolute atomic E-state index is 0.0458. The van der Waals surface area contributed by atoms with Crippen molar-refractivity contribution >= 4 is 34.7 Å². The van der Waals surface area contributed by atoms with Crippen molar-refractivity contribution in [2.45, 2.75) is 26.4 Å². The summed E-state index contributed by atoms with van der Waals surface area (Å²) in [4.78, 5) is 29.8. The van der Waals surface area contributed by atoms with Gasteiger partial charge in [-0.25, -0.2) is 0 Å². The Bertz CT molecular complexity index is 1160. The highest BCUT2D eigenvalue weighted by molar-refractivity contribution is 6.46. The molecule has 2 heterocycles. The summed E-state index contributed by atoms with van der Waals surface area (Å²) in [5.41, 5.74) is 2.24. The number of anilines is 1. The average Bonchev–Trinajstić information content (AvgIpc) is 3.43. The van der Waals surface area contributed by atoms with Crippen LogP contribution in [0.3, 0.4) is 0 Å². The molecule has 3 aromatic rings. The molecule has 2 aromatic carbocycles. The van der Waals surface area contributed by atoms with Crippen LogP contribution in [0, 0.1) is 0 Å². The van der Waals surface area contributed by atoms with Gasteiger partial charge in [0, 0.05) is 29.4 Å². The van der Waals surface area contributed by atoms with Crippen molar-refractivity contribution in [1.82, 2.24) is 4.90 Å². The van der Waals surface area contributed by atoms with Crippen LogP contribution in [0.1, 0.15) is 36.8 Å². The number of benzene rings is 2. The molecule has 0 aliphatic carbocycles. The van der Waals surface area contributed by atoms with E-state index in [9.17, 15) is 14.7 Å². The van der Waals surface area contributed by atoms with E-state index in [1.165, 1.54) is 11.2 Å². The molecule has 0 bridgehead atoms. The third-order valence-electron chi connectivity index (χ3n) is 5.90. The zero-order valence-corrected chi connectivity index (χ0v) is 19.2. The first-order valence-electron chi connectivity index (χ1n) is 10.9. The number of nitrogens with zero attached hydrogens (tertiary/aromatic N) is 2. The first-order valence-corrected chi connectivity index (χ1v) is 11.2. The highest BCUT2D eigenvalue weighted by Crippen LogP contribution is 2.40. The van der Waals surface area contributed by atoms with Gasteiger partial charge in [-0.15, -0.1) is 0 Å². The molecule has 1 unspecified atom stereocenters. The van der Waals surface area contributed by atoms with Crippen LogP contribution in [-0.4, -0.2) is 34.8 Å². The molecule has 170 valence electrons. The van der Waals surface area contributed by atoms with Crippen LogP contribution in [0.4, 0.5) is 5.69 Å². The second-order valence-corrected chi connectivity index (χ2v) is 8.21. The van der Waals surface area contributed by atoms with Crippen LogP contribution in [0.25, 0.3) is 5.76 Å². The summed E-state index contributed by atoms with van der Waals surface area (Å²) >= 11 is 5.98. The summed E-state index contributed by atoms with van der Waals surface area (Å²) in [7, 11) is 0. The van der Waals surface area contributed by atoms with Crippen molar-refractivity contribution in [2.75, 3.05) is 18.0 Å². The van der Waals surface area contributed by atoms with Gasteiger partial charge in [0.05, 0.1) is 24.4 Å². The van der Waals surface area contributed by atoms with Crippen molar-refractivity contribution < 1.29 is 19.1 Å². The molecule has 1 aliphatic heterocycles. The molecule has 1 atom stereocenters. The number of amides is 1. The maximum Gasteiger partial charge on any atom is 0.296 e. The number of halogens is 1. The molecule has 1 fully saturated rings. The SMILES string of the molecule is CCN(CC)c1ccc(C2/C(=C(\O)c3ccc(Cl)cc3)C(=O)C(=O)N2Cc2ccco2)cc1. The summed E-state index contributed by atoms with van der Waals surface area (Å²) in [6.07, 6.45) is 1.52. The van der Waals surface area contributed by atoms with E-state index in [0.29, 0.717) is 16.3 Å². The summed E-state index contributed by atoms with van der Waals surface area (Å²) in [5, 5.41) is 11.6. The lowest BCUT2D eigenvalue weighted by Crippen LogP contribution is -2.29. The Morgan fingerprint density at radius 3 is 2.27 bits per heavy atom. The van der Waals surface area contributed by atoms with E-state index in [1.54, 1.807) is 36.4 Å². The number of furan rings is 1. The minimum Gasteiger partial charge on any atom is -0.507 e. The maximum absolute atomic E-state index is 13.1. The fourth-order valence-corrected chi connectivity index (χ4v) is 4.31. The highest BCUT2D eigenvalue weighted by Gasteiger charge is 2.46. The van der Waals surface area contributed by atoms with Crippen molar-refractivity contribution in [1.29, 1.82) is 0 Å². The van der Waals surface area contributed by atoms with Gasteiger partial charge in [0.15, 0.2) is 0 Å². The molecule has 0 spiro atoms. The number of likely N-dealkylation sites (tertiary alicyclic amines) is 1. The van der Waals surface area contributed by atoms with E-state index >= 15 is 0 Å². The number of hydrogen-bond donors (Lipinski definition) is 1. The summed E-state index contributed by atoms with van der Waals surface area (Å²) in [6.45, 7) is 6.01. The van der Waals surface area contributed by atoms with Crippen molar-refractivity contribution in [3.8, 4) is 0 Å². The van der Waals surface area contributed by atoms with Crippen LogP contribution >= 0.6 is 11.6 Å². The number of hydrogen-bond acceptors (Lipinski definition) is 5. The lowest BCUT2D eigenvalue weighted by atomic mass is 9.95. The summed E-state index contributed by atoms with van der Waals surface area (Å²) in [6, 6.07) is 17.0. The maximum atomic E-state index is 13.1. The minimum atomic E-state index is -0.753. The largest absolute Gasteiger partial charge is 0.507 e. The lowest BCUT2D eigenvalue weighted by Gasteiger charge is -2.26. The molecule has 6 nitrogen and oxygen atoms in total. The van der Waals surface area contributed by atoms with Crippen LogP contribution in [0.5, 0.6) is 0 Å². The Kier molecular flexibility index (Phi) is 6.56. The summed E-state index contributed by atoms with van der Waals surface area (Å²) < 4.78 is 5.43. The lowest BCUT2D eigenvalue weighted by molar-refractivity contribution is -0.140. The molecule has 0 radical (unpaired) electrons. The Labute approximate surface area is 197 Å². The molecule has 1 N–H and O–H groups in total. The standard InChI is InChI=1S/C26H25ClN2O4/c1-3-28(4-2)20-13-9-17(10-14-20)23-22(24(30)18-7-11-19(27)12-8-18)25(31)26(32)29(23)16-21-6-5-15-33-21/h5-15,23,30H,3-4,16H2,1-2H3/b24-22+. The third kappa shape index (κ3) is 4.39. The number of Topliss-reactive ketones (excluding diaryl/α,β-unsaturated/α-hetero) is 1. The number of ketones is 1. The normalized spacial score (nSPS) is 17.5. The second-order valence-electron chi connectivity index (χ2n) is 7.78. The van der Waals surface area contributed by atoms with Gasteiger partial charge in [-0.05, 0) is 67.9 Å². The van der Waals surface area contributed by atoms with Gasteiger partial charge in [-0.2, -0.15) is 0 Å². The highest BCUT2D eigenvalue weighted by atomic mass is 35.5. The molecule has 1 aromatic heterocycles. The van der Waals surface area contributed by atoms with E-state index in [-0.39, 0.29) is 17.9 Å². The van der Waals surface area contributed by atoms with Gasteiger partial charge in [-0.1, -0.05) is 23.7 Å². The molecule has 4 rings (SSSR count). The fraction of sp³-hybridized carbons (Fsp3) is 0.231. The Morgan fingerprint density at radius 2 is 1.70 bits per heavy atom. The topological polar surface area (TPSA) is 74.0 Å². The third-order valence-corrected chi connectivity index (χ3v) is 6.15. The van der Waals surface area contributed by atoms with E-state index < -0.39 is 17.7 Å². The quantitative estimate of drug-likeness (QED) is 0.288. The van der Waals surface area contributed by atoms with Crippen LogP contribution < -0.4 is 4.90 Å². The molecule has 1 amide bonds. The Morgan fingerprint density at radius 1 is 1.03 bits per heavy atom.